The first kappa shape index (κ1) is 20.0. The van der Waals surface area contributed by atoms with Gasteiger partial charge >= 0.3 is 0 Å². The van der Waals surface area contributed by atoms with E-state index in [1.54, 1.807) is 14.1 Å². The normalized spacial score (nSPS) is 21.8. The Kier molecular flexibility index (Phi) is 5.98. The Balaban J connectivity index is 2.56. The van der Waals surface area contributed by atoms with Crippen molar-refractivity contribution in [1.29, 1.82) is 0 Å². The Hall–Kier alpha value is -1.35. The quantitative estimate of drug-likeness (QED) is 0.840. The summed E-state index contributed by atoms with van der Waals surface area (Å²) in [5.74, 6) is -0.341. The third-order valence-electron chi connectivity index (χ3n) is 4.41. The molecular formula is C16H24ClN3O4S. The van der Waals surface area contributed by atoms with Crippen LogP contribution in [0.15, 0.2) is 17.0 Å². The number of sulfonamides is 1. The van der Waals surface area contributed by atoms with Crippen LogP contribution in [0.1, 0.15) is 23.7 Å². The van der Waals surface area contributed by atoms with E-state index in [-0.39, 0.29) is 39.1 Å². The van der Waals surface area contributed by atoms with Crippen LogP contribution in [0.4, 0.5) is 0 Å². The largest absolute Gasteiger partial charge is 0.494 e. The van der Waals surface area contributed by atoms with Crippen LogP contribution < -0.4 is 10.5 Å². The van der Waals surface area contributed by atoms with E-state index >= 15 is 0 Å². The molecule has 2 rings (SSSR count). The fourth-order valence-corrected chi connectivity index (χ4v) is 4.90. The molecule has 1 aromatic carbocycles. The van der Waals surface area contributed by atoms with Crippen molar-refractivity contribution in [3.63, 3.8) is 0 Å². The maximum Gasteiger partial charge on any atom is 0.257 e. The molecular weight excluding hydrogens is 366 g/mol. The zero-order valence-electron chi connectivity index (χ0n) is 14.8. The van der Waals surface area contributed by atoms with Crippen LogP contribution >= 0.6 is 11.6 Å². The number of nitrogens with two attached hydrogens (primary N) is 1. The van der Waals surface area contributed by atoms with Crippen molar-refractivity contribution in [2.75, 3.05) is 34.3 Å². The molecule has 1 aromatic rings. The van der Waals surface area contributed by atoms with Crippen molar-refractivity contribution in [2.45, 2.75) is 24.3 Å². The highest BCUT2D eigenvalue weighted by Gasteiger charge is 2.35. The fourth-order valence-electron chi connectivity index (χ4n) is 2.85. The summed E-state index contributed by atoms with van der Waals surface area (Å²) in [6, 6.07) is 2.70. The van der Waals surface area contributed by atoms with E-state index in [2.05, 4.69) is 0 Å². The standard InChI is InChI=1S/C16H24ClN3O4S/c1-10-9-20(6-5-13(10)18)25(22,23)14-8-11(17)7-12(15(14)24-4)16(21)19(2)3/h7-8,10,13H,5-6,9,18H2,1-4H3. The number of carbonyl (C=O) groups is 1. The zero-order chi connectivity index (χ0) is 18.9. The van der Waals surface area contributed by atoms with E-state index in [1.807, 2.05) is 6.92 Å². The molecule has 0 saturated carbocycles. The minimum absolute atomic E-state index is 0.00521. The Morgan fingerprint density at radius 2 is 2.04 bits per heavy atom. The molecule has 0 aliphatic carbocycles. The summed E-state index contributed by atoms with van der Waals surface area (Å²) in [4.78, 5) is 13.6. The number of amides is 1. The number of rotatable bonds is 4. The Morgan fingerprint density at radius 1 is 1.40 bits per heavy atom. The second-order valence-electron chi connectivity index (χ2n) is 6.48. The summed E-state index contributed by atoms with van der Waals surface area (Å²) < 4.78 is 32.9. The van der Waals surface area contributed by atoms with E-state index < -0.39 is 10.0 Å². The van der Waals surface area contributed by atoms with Gasteiger partial charge in [0.1, 0.15) is 4.90 Å². The maximum atomic E-state index is 13.1. The van der Waals surface area contributed by atoms with Crippen molar-refractivity contribution < 1.29 is 17.9 Å². The molecule has 9 heteroatoms. The molecule has 2 N–H and O–H groups in total. The first-order valence-corrected chi connectivity index (χ1v) is 9.76. The number of piperidine rings is 1. The minimum atomic E-state index is -3.87. The Morgan fingerprint density at radius 3 is 2.56 bits per heavy atom. The predicted octanol–water partition coefficient (Wildman–Crippen LogP) is 1.41. The maximum absolute atomic E-state index is 13.1. The van der Waals surface area contributed by atoms with Crippen LogP contribution in [0.5, 0.6) is 5.75 Å². The lowest BCUT2D eigenvalue weighted by molar-refractivity contribution is 0.0823. The summed E-state index contributed by atoms with van der Waals surface area (Å²) in [6.45, 7) is 2.55. The molecule has 1 amide bonds. The molecule has 1 aliphatic rings. The van der Waals surface area contributed by atoms with Gasteiger partial charge in [-0.25, -0.2) is 8.42 Å². The van der Waals surface area contributed by atoms with Gasteiger partial charge in [-0.2, -0.15) is 4.31 Å². The number of hydrogen-bond donors (Lipinski definition) is 1. The molecule has 25 heavy (non-hydrogen) atoms. The van der Waals surface area contributed by atoms with Crippen molar-refractivity contribution >= 4 is 27.5 Å². The number of benzene rings is 1. The van der Waals surface area contributed by atoms with Gasteiger partial charge in [-0.3, -0.25) is 4.79 Å². The Labute approximate surface area is 153 Å². The first-order chi connectivity index (χ1) is 11.6. The van der Waals surface area contributed by atoms with Crippen molar-refractivity contribution in [1.82, 2.24) is 9.21 Å². The van der Waals surface area contributed by atoms with Crippen molar-refractivity contribution in [3.8, 4) is 5.75 Å². The highest BCUT2D eigenvalue weighted by molar-refractivity contribution is 7.89. The fraction of sp³-hybridized carbons (Fsp3) is 0.562. The lowest BCUT2D eigenvalue weighted by Crippen LogP contribution is -2.48. The second-order valence-corrected chi connectivity index (χ2v) is 8.82. The smallest absolute Gasteiger partial charge is 0.257 e. The predicted molar refractivity (Wildman–Crippen MR) is 96.5 cm³/mol. The molecule has 0 aromatic heterocycles. The third-order valence-corrected chi connectivity index (χ3v) is 6.50. The second kappa shape index (κ2) is 7.49. The molecule has 1 fully saturated rings. The van der Waals surface area contributed by atoms with Crippen LogP contribution in [-0.2, 0) is 10.0 Å². The van der Waals surface area contributed by atoms with Gasteiger partial charge in [-0.15, -0.1) is 0 Å². The van der Waals surface area contributed by atoms with E-state index in [1.165, 1.54) is 28.4 Å². The number of methoxy groups -OCH3 is 1. The highest BCUT2D eigenvalue weighted by Crippen LogP contribution is 2.35. The summed E-state index contributed by atoms with van der Waals surface area (Å²) in [6.07, 6.45) is 0.576. The number of ether oxygens (including phenoxy) is 1. The molecule has 140 valence electrons. The lowest BCUT2D eigenvalue weighted by Gasteiger charge is -2.34. The molecule has 2 atom stereocenters. The molecule has 0 bridgehead atoms. The summed E-state index contributed by atoms with van der Waals surface area (Å²) in [5, 5.41) is 0.159. The molecule has 0 radical (unpaired) electrons. The van der Waals surface area contributed by atoms with Gasteiger partial charge in [0.15, 0.2) is 5.75 Å². The third kappa shape index (κ3) is 3.92. The van der Waals surface area contributed by atoms with Gasteiger partial charge in [0.2, 0.25) is 10.0 Å². The molecule has 1 saturated heterocycles. The monoisotopic (exact) mass is 389 g/mol. The molecule has 1 aliphatic heterocycles. The molecule has 0 spiro atoms. The van der Waals surface area contributed by atoms with Gasteiger partial charge in [0, 0.05) is 38.2 Å². The van der Waals surface area contributed by atoms with E-state index in [9.17, 15) is 13.2 Å². The number of carbonyl (C=O) groups excluding carboxylic acids is 1. The Bertz CT molecular complexity index is 767. The van der Waals surface area contributed by atoms with E-state index in [0.717, 1.165) is 0 Å². The van der Waals surface area contributed by atoms with Gasteiger partial charge in [0.05, 0.1) is 12.7 Å². The molecule has 7 nitrogen and oxygen atoms in total. The van der Waals surface area contributed by atoms with Gasteiger partial charge in [-0.1, -0.05) is 18.5 Å². The van der Waals surface area contributed by atoms with E-state index in [4.69, 9.17) is 22.1 Å². The minimum Gasteiger partial charge on any atom is -0.494 e. The van der Waals surface area contributed by atoms with Crippen molar-refractivity contribution in [2.24, 2.45) is 11.7 Å². The lowest BCUT2D eigenvalue weighted by atomic mass is 9.96. The van der Waals surface area contributed by atoms with Crippen LogP contribution in [0.2, 0.25) is 5.02 Å². The van der Waals surface area contributed by atoms with Crippen LogP contribution in [0, 0.1) is 5.92 Å². The number of halogens is 1. The molecule has 2 unspecified atom stereocenters. The summed E-state index contributed by atoms with van der Waals surface area (Å²) in [7, 11) is 0.617. The van der Waals surface area contributed by atoms with Gasteiger partial charge in [0.25, 0.3) is 5.91 Å². The summed E-state index contributed by atoms with van der Waals surface area (Å²) >= 11 is 6.10. The average Bonchev–Trinajstić information content (AvgIpc) is 2.55. The van der Waals surface area contributed by atoms with Gasteiger partial charge < -0.3 is 15.4 Å². The van der Waals surface area contributed by atoms with Crippen LogP contribution in [0.3, 0.4) is 0 Å². The first-order valence-electron chi connectivity index (χ1n) is 7.94. The number of nitrogens with zero attached hydrogens (tertiary/aromatic N) is 2. The van der Waals surface area contributed by atoms with Crippen molar-refractivity contribution in [3.05, 3.63) is 22.7 Å². The van der Waals surface area contributed by atoms with Gasteiger partial charge in [-0.05, 0) is 24.5 Å². The SMILES string of the molecule is COc1c(C(=O)N(C)C)cc(Cl)cc1S(=O)(=O)N1CCC(N)C(C)C1. The number of hydrogen-bond acceptors (Lipinski definition) is 5. The zero-order valence-corrected chi connectivity index (χ0v) is 16.4. The van der Waals surface area contributed by atoms with E-state index in [0.29, 0.717) is 19.5 Å². The average molecular weight is 390 g/mol. The van der Waals surface area contributed by atoms with Crippen LogP contribution in [-0.4, -0.2) is 63.9 Å². The summed E-state index contributed by atoms with van der Waals surface area (Å²) in [5.41, 5.74) is 6.09. The molecule has 1 heterocycles. The highest BCUT2D eigenvalue weighted by atomic mass is 35.5. The van der Waals surface area contributed by atoms with Crippen LogP contribution in [0.25, 0.3) is 0 Å². The topological polar surface area (TPSA) is 92.9 Å².